The van der Waals surface area contributed by atoms with Crippen molar-refractivity contribution < 1.29 is 0 Å². The van der Waals surface area contributed by atoms with Gasteiger partial charge in [0.2, 0.25) is 0 Å². The van der Waals surface area contributed by atoms with Crippen molar-refractivity contribution in [1.29, 1.82) is 0 Å². The Morgan fingerprint density at radius 2 is 2.31 bits per heavy atom. The Bertz CT molecular complexity index is 313. The number of thiophene rings is 1. The first-order valence-electron chi connectivity index (χ1n) is 4.23. The molecule has 2 rings (SSSR count). The van der Waals surface area contributed by atoms with Crippen LogP contribution in [0, 0.1) is 5.41 Å². The molecular weight excluding hydrogens is 270 g/mol. The highest BCUT2D eigenvalue weighted by Crippen LogP contribution is 2.55. The fourth-order valence-corrected chi connectivity index (χ4v) is 3.28. The standard InChI is InChI=1S/C9H11BrClNS/c1-9(2-3-9)7(12)6-4-5(10)8(11)13-6/h4,7H,2-3,12H2,1H3. The summed E-state index contributed by atoms with van der Waals surface area (Å²) >= 11 is 10.9. The normalized spacial score (nSPS) is 21.5. The molecule has 1 aromatic rings. The predicted octanol–water partition coefficient (Wildman–Crippen LogP) is 3.96. The van der Waals surface area contributed by atoms with Crippen LogP contribution in [0.5, 0.6) is 0 Å². The van der Waals surface area contributed by atoms with Crippen molar-refractivity contribution in [2.24, 2.45) is 11.1 Å². The lowest BCUT2D eigenvalue weighted by Gasteiger charge is -2.16. The van der Waals surface area contributed by atoms with Crippen molar-refractivity contribution in [3.8, 4) is 0 Å². The Labute approximate surface area is 95.4 Å². The van der Waals surface area contributed by atoms with Crippen molar-refractivity contribution in [2.45, 2.75) is 25.8 Å². The third-order valence-electron chi connectivity index (χ3n) is 2.76. The molecule has 0 amide bonds. The lowest BCUT2D eigenvalue weighted by atomic mass is 9.99. The third-order valence-corrected chi connectivity index (χ3v) is 5.32. The second-order valence-electron chi connectivity index (χ2n) is 3.90. The molecule has 1 atom stereocenters. The van der Waals surface area contributed by atoms with E-state index in [1.807, 2.05) is 6.07 Å². The molecule has 1 heterocycles. The highest BCUT2D eigenvalue weighted by Gasteiger charge is 2.44. The van der Waals surface area contributed by atoms with Gasteiger partial charge in [0.1, 0.15) is 4.34 Å². The van der Waals surface area contributed by atoms with Gasteiger partial charge in [-0.3, -0.25) is 0 Å². The lowest BCUT2D eigenvalue weighted by Crippen LogP contribution is -2.18. The number of nitrogens with two attached hydrogens (primary N) is 1. The van der Waals surface area contributed by atoms with E-state index in [2.05, 4.69) is 22.9 Å². The molecular formula is C9H11BrClNS. The molecule has 1 nitrogen and oxygen atoms in total. The summed E-state index contributed by atoms with van der Waals surface area (Å²) in [6, 6.07) is 2.20. The summed E-state index contributed by atoms with van der Waals surface area (Å²) in [6.07, 6.45) is 2.47. The Kier molecular flexibility index (Phi) is 2.47. The fourth-order valence-electron chi connectivity index (χ4n) is 1.37. The average molecular weight is 281 g/mol. The minimum absolute atomic E-state index is 0.154. The number of hydrogen-bond donors (Lipinski definition) is 1. The third kappa shape index (κ3) is 1.80. The first-order chi connectivity index (χ1) is 6.03. The molecule has 0 aromatic carbocycles. The second kappa shape index (κ2) is 3.23. The number of hydrogen-bond acceptors (Lipinski definition) is 2. The quantitative estimate of drug-likeness (QED) is 0.872. The SMILES string of the molecule is CC1(C(N)c2cc(Br)c(Cl)s2)CC1. The summed E-state index contributed by atoms with van der Waals surface area (Å²) in [5.74, 6) is 0. The van der Waals surface area contributed by atoms with Crippen molar-refractivity contribution in [2.75, 3.05) is 0 Å². The van der Waals surface area contributed by atoms with Gasteiger partial charge in [-0.05, 0) is 40.3 Å². The van der Waals surface area contributed by atoms with Gasteiger partial charge in [-0.2, -0.15) is 0 Å². The van der Waals surface area contributed by atoms with Crippen LogP contribution in [0.4, 0.5) is 0 Å². The van der Waals surface area contributed by atoms with E-state index in [0.717, 1.165) is 8.81 Å². The van der Waals surface area contributed by atoms with E-state index in [-0.39, 0.29) is 6.04 Å². The van der Waals surface area contributed by atoms with Gasteiger partial charge in [0.15, 0.2) is 0 Å². The van der Waals surface area contributed by atoms with E-state index in [0.29, 0.717) is 5.41 Å². The molecule has 1 fully saturated rings. The predicted molar refractivity (Wildman–Crippen MR) is 61.3 cm³/mol. The van der Waals surface area contributed by atoms with E-state index < -0.39 is 0 Å². The summed E-state index contributed by atoms with van der Waals surface area (Å²) < 4.78 is 1.77. The van der Waals surface area contributed by atoms with E-state index in [9.17, 15) is 0 Å². The average Bonchev–Trinajstić information content (AvgIpc) is 2.74. The molecule has 0 saturated heterocycles. The van der Waals surface area contributed by atoms with Crippen LogP contribution in [0.1, 0.15) is 30.7 Å². The number of halogens is 2. The Morgan fingerprint density at radius 3 is 2.69 bits per heavy atom. The molecule has 0 spiro atoms. The van der Waals surface area contributed by atoms with Crippen molar-refractivity contribution >= 4 is 38.9 Å². The summed E-state index contributed by atoms with van der Waals surface area (Å²) in [7, 11) is 0. The minimum Gasteiger partial charge on any atom is -0.323 e. The maximum Gasteiger partial charge on any atom is 0.107 e. The molecule has 13 heavy (non-hydrogen) atoms. The van der Waals surface area contributed by atoms with Crippen LogP contribution in [0.25, 0.3) is 0 Å². The topological polar surface area (TPSA) is 26.0 Å². The van der Waals surface area contributed by atoms with Gasteiger partial charge in [0.25, 0.3) is 0 Å². The van der Waals surface area contributed by atoms with Crippen molar-refractivity contribution in [3.05, 3.63) is 19.8 Å². The maximum absolute atomic E-state index is 6.15. The largest absolute Gasteiger partial charge is 0.323 e. The first kappa shape index (κ1) is 9.97. The van der Waals surface area contributed by atoms with Crippen LogP contribution >= 0.6 is 38.9 Å². The summed E-state index contributed by atoms with van der Waals surface area (Å²) in [6.45, 7) is 2.24. The van der Waals surface area contributed by atoms with Gasteiger partial charge in [0.05, 0.1) is 0 Å². The molecule has 1 saturated carbocycles. The molecule has 1 aliphatic rings. The smallest absolute Gasteiger partial charge is 0.107 e. The van der Waals surface area contributed by atoms with Crippen LogP contribution in [0.3, 0.4) is 0 Å². The summed E-state index contributed by atoms with van der Waals surface area (Å²) in [5.41, 5.74) is 6.47. The highest BCUT2D eigenvalue weighted by molar-refractivity contribution is 9.10. The Balaban J connectivity index is 2.25. The summed E-state index contributed by atoms with van der Waals surface area (Å²) in [5, 5.41) is 0. The van der Waals surface area contributed by atoms with E-state index >= 15 is 0 Å². The second-order valence-corrected chi connectivity index (χ2v) is 6.44. The molecule has 4 heteroatoms. The fraction of sp³-hybridized carbons (Fsp3) is 0.556. The van der Waals surface area contributed by atoms with Crippen LogP contribution in [-0.4, -0.2) is 0 Å². The van der Waals surface area contributed by atoms with Gasteiger partial charge in [-0.25, -0.2) is 0 Å². The molecule has 1 aromatic heterocycles. The lowest BCUT2D eigenvalue weighted by molar-refractivity contribution is 0.457. The zero-order valence-corrected chi connectivity index (χ0v) is 10.5. The molecule has 0 aliphatic heterocycles. The van der Waals surface area contributed by atoms with E-state index in [1.165, 1.54) is 17.7 Å². The van der Waals surface area contributed by atoms with Gasteiger partial charge in [-0.15, -0.1) is 11.3 Å². The first-order valence-corrected chi connectivity index (χ1v) is 6.22. The van der Waals surface area contributed by atoms with Crippen LogP contribution in [-0.2, 0) is 0 Å². The van der Waals surface area contributed by atoms with E-state index in [1.54, 1.807) is 11.3 Å². The van der Waals surface area contributed by atoms with E-state index in [4.69, 9.17) is 17.3 Å². The summed E-state index contributed by atoms with van der Waals surface area (Å²) in [4.78, 5) is 1.19. The van der Waals surface area contributed by atoms with Crippen molar-refractivity contribution in [1.82, 2.24) is 0 Å². The Morgan fingerprint density at radius 1 is 1.69 bits per heavy atom. The zero-order chi connectivity index (χ0) is 9.64. The van der Waals surface area contributed by atoms with Gasteiger partial charge in [-0.1, -0.05) is 18.5 Å². The number of rotatable bonds is 2. The van der Waals surface area contributed by atoms with Gasteiger partial charge < -0.3 is 5.73 Å². The molecule has 2 N–H and O–H groups in total. The molecule has 0 radical (unpaired) electrons. The van der Waals surface area contributed by atoms with Crippen LogP contribution < -0.4 is 5.73 Å². The molecule has 72 valence electrons. The minimum atomic E-state index is 0.154. The van der Waals surface area contributed by atoms with Crippen LogP contribution in [0.15, 0.2) is 10.5 Å². The molecule has 0 bridgehead atoms. The van der Waals surface area contributed by atoms with Gasteiger partial charge >= 0.3 is 0 Å². The Hall–Kier alpha value is 0.430. The van der Waals surface area contributed by atoms with Gasteiger partial charge in [0, 0.05) is 15.4 Å². The maximum atomic E-state index is 6.15. The van der Waals surface area contributed by atoms with Crippen molar-refractivity contribution in [3.63, 3.8) is 0 Å². The highest BCUT2D eigenvalue weighted by atomic mass is 79.9. The molecule has 1 unspecified atom stereocenters. The van der Waals surface area contributed by atoms with Crippen LogP contribution in [0.2, 0.25) is 4.34 Å². The zero-order valence-electron chi connectivity index (χ0n) is 7.31. The molecule has 1 aliphatic carbocycles. The monoisotopic (exact) mass is 279 g/mol.